The molecule has 0 N–H and O–H groups in total. The Morgan fingerprint density at radius 2 is 2.07 bits per heavy atom. The Hall–Kier alpha value is -0.0900. The number of hydrogen-bond acceptors (Lipinski definition) is 2. The Balaban J connectivity index is 2.03. The molecule has 0 unspecified atom stereocenters. The maximum Gasteiger partial charge on any atom is 0.156 e. The zero-order chi connectivity index (χ0) is 10.7. The molecule has 0 atom stereocenters. The van der Waals surface area contributed by atoms with E-state index in [0.717, 1.165) is 0 Å². The maximum absolute atomic E-state index is 13.5. The van der Waals surface area contributed by atoms with E-state index in [1.54, 1.807) is 18.0 Å². The quantitative estimate of drug-likeness (QED) is 0.800. The van der Waals surface area contributed by atoms with Crippen molar-refractivity contribution in [1.29, 1.82) is 0 Å². The molecule has 4 heteroatoms. The number of halogens is 2. The zero-order valence-corrected chi connectivity index (χ0v) is 10.8. The predicted molar refractivity (Wildman–Crippen MR) is 64.6 cm³/mol. The SMILES string of the molecule is Fc1cc(Br)cnc1SC1CCCCC1. The summed E-state index contributed by atoms with van der Waals surface area (Å²) in [6, 6.07) is 1.48. The minimum Gasteiger partial charge on any atom is -0.246 e. The summed E-state index contributed by atoms with van der Waals surface area (Å²) in [5.74, 6) is -0.208. The molecular weight excluding hydrogens is 277 g/mol. The molecule has 0 spiro atoms. The second kappa shape index (κ2) is 5.30. The van der Waals surface area contributed by atoms with Crippen LogP contribution in [-0.4, -0.2) is 10.2 Å². The van der Waals surface area contributed by atoms with E-state index >= 15 is 0 Å². The minimum absolute atomic E-state index is 0.208. The molecule has 1 aromatic heterocycles. The van der Waals surface area contributed by atoms with E-state index < -0.39 is 0 Å². The first-order chi connectivity index (χ1) is 7.25. The Morgan fingerprint density at radius 3 is 2.73 bits per heavy atom. The highest BCUT2D eigenvalue weighted by Crippen LogP contribution is 2.34. The van der Waals surface area contributed by atoms with E-state index in [1.807, 2.05) is 0 Å². The molecule has 15 heavy (non-hydrogen) atoms. The third kappa shape index (κ3) is 3.18. The molecule has 0 amide bonds. The summed E-state index contributed by atoms with van der Waals surface area (Å²) in [6.45, 7) is 0. The van der Waals surface area contributed by atoms with Gasteiger partial charge in [0.2, 0.25) is 0 Å². The van der Waals surface area contributed by atoms with Gasteiger partial charge in [-0.15, -0.1) is 11.8 Å². The molecule has 0 aromatic carbocycles. The summed E-state index contributed by atoms with van der Waals surface area (Å²) >= 11 is 4.80. The average Bonchev–Trinajstić information content (AvgIpc) is 2.24. The highest BCUT2D eigenvalue weighted by Gasteiger charge is 2.17. The maximum atomic E-state index is 13.5. The van der Waals surface area contributed by atoms with Gasteiger partial charge in [0.05, 0.1) is 0 Å². The van der Waals surface area contributed by atoms with Crippen molar-refractivity contribution in [3.8, 4) is 0 Å². The van der Waals surface area contributed by atoms with Crippen molar-refractivity contribution in [2.75, 3.05) is 0 Å². The fourth-order valence-electron chi connectivity index (χ4n) is 1.83. The summed E-state index contributed by atoms with van der Waals surface area (Å²) in [4.78, 5) is 4.11. The number of pyridine rings is 1. The third-order valence-corrected chi connectivity index (χ3v) is 4.37. The van der Waals surface area contributed by atoms with Crippen molar-refractivity contribution in [2.24, 2.45) is 0 Å². The molecule has 0 aliphatic heterocycles. The van der Waals surface area contributed by atoms with Crippen LogP contribution in [0, 0.1) is 5.82 Å². The van der Waals surface area contributed by atoms with Crippen LogP contribution in [0.15, 0.2) is 21.8 Å². The van der Waals surface area contributed by atoms with Crippen LogP contribution in [0.3, 0.4) is 0 Å². The molecule has 1 aromatic rings. The van der Waals surface area contributed by atoms with Gasteiger partial charge in [-0.1, -0.05) is 19.3 Å². The van der Waals surface area contributed by atoms with Gasteiger partial charge in [0.1, 0.15) is 5.03 Å². The van der Waals surface area contributed by atoms with Gasteiger partial charge in [0.15, 0.2) is 5.82 Å². The molecule has 0 bridgehead atoms. The van der Waals surface area contributed by atoms with Crippen molar-refractivity contribution in [3.63, 3.8) is 0 Å². The fourth-order valence-corrected chi connectivity index (χ4v) is 3.30. The van der Waals surface area contributed by atoms with Crippen LogP contribution in [0.5, 0.6) is 0 Å². The highest BCUT2D eigenvalue weighted by atomic mass is 79.9. The second-order valence-electron chi connectivity index (χ2n) is 3.82. The molecular formula is C11H13BrFNS. The van der Waals surface area contributed by atoms with Crippen molar-refractivity contribution in [3.05, 3.63) is 22.6 Å². The number of nitrogens with zero attached hydrogens (tertiary/aromatic N) is 1. The van der Waals surface area contributed by atoms with Gasteiger partial charge < -0.3 is 0 Å². The first-order valence-electron chi connectivity index (χ1n) is 5.23. The monoisotopic (exact) mass is 289 g/mol. The summed E-state index contributed by atoms with van der Waals surface area (Å²) in [5, 5.41) is 1.10. The van der Waals surface area contributed by atoms with E-state index in [9.17, 15) is 4.39 Å². The molecule has 1 aliphatic rings. The lowest BCUT2D eigenvalue weighted by atomic mass is 10.0. The molecule has 0 saturated heterocycles. The molecule has 82 valence electrons. The highest BCUT2D eigenvalue weighted by molar-refractivity contribution is 9.10. The number of rotatable bonds is 2. The average molecular weight is 290 g/mol. The van der Waals surface area contributed by atoms with Gasteiger partial charge in [0, 0.05) is 15.9 Å². The van der Waals surface area contributed by atoms with Gasteiger partial charge in [-0.2, -0.15) is 0 Å². The summed E-state index contributed by atoms with van der Waals surface area (Å²) in [7, 11) is 0. The van der Waals surface area contributed by atoms with Gasteiger partial charge in [-0.05, 0) is 34.8 Å². The standard InChI is InChI=1S/C11H13BrFNS/c12-8-6-10(13)11(14-7-8)15-9-4-2-1-3-5-9/h6-7,9H,1-5H2. The van der Waals surface area contributed by atoms with Crippen LogP contribution in [0.25, 0.3) is 0 Å². The molecule has 1 aliphatic carbocycles. The van der Waals surface area contributed by atoms with Gasteiger partial charge in [-0.3, -0.25) is 0 Å². The predicted octanol–water partition coefficient (Wildman–Crippen LogP) is 4.41. The van der Waals surface area contributed by atoms with Crippen LogP contribution in [0.1, 0.15) is 32.1 Å². The molecule has 1 fully saturated rings. The van der Waals surface area contributed by atoms with Crippen LogP contribution >= 0.6 is 27.7 Å². The Labute approximate surface area is 102 Å². The molecule has 1 saturated carbocycles. The van der Waals surface area contributed by atoms with E-state index in [4.69, 9.17) is 0 Å². The van der Waals surface area contributed by atoms with Crippen LogP contribution in [-0.2, 0) is 0 Å². The lowest BCUT2D eigenvalue weighted by Crippen LogP contribution is -2.08. The molecule has 0 radical (unpaired) electrons. The van der Waals surface area contributed by atoms with Crippen molar-refractivity contribution >= 4 is 27.7 Å². The van der Waals surface area contributed by atoms with Gasteiger partial charge in [0.25, 0.3) is 0 Å². The Kier molecular flexibility index (Phi) is 4.03. The molecule has 1 heterocycles. The van der Waals surface area contributed by atoms with E-state index in [1.165, 1.54) is 38.2 Å². The number of thioether (sulfide) groups is 1. The lowest BCUT2D eigenvalue weighted by Gasteiger charge is -2.20. The minimum atomic E-state index is -0.208. The smallest absolute Gasteiger partial charge is 0.156 e. The Morgan fingerprint density at radius 1 is 1.33 bits per heavy atom. The normalized spacial score (nSPS) is 18.0. The molecule has 2 rings (SSSR count). The van der Waals surface area contributed by atoms with Crippen LogP contribution < -0.4 is 0 Å². The second-order valence-corrected chi connectivity index (χ2v) is 6.02. The van der Waals surface area contributed by atoms with Crippen LogP contribution in [0.2, 0.25) is 0 Å². The number of aromatic nitrogens is 1. The first kappa shape index (κ1) is 11.4. The summed E-state index contributed by atoms with van der Waals surface area (Å²) < 4.78 is 14.2. The van der Waals surface area contributed by atoms with Crippen molar-refractivity contribution in [2.45, 2.75) is 42.4 Å². The number of hydrogen-bond donors (Lipinski definition) is 0. The van der Waals surface area contributed by atoms with E-state index in [2.05, 4.69) is 20.9 Å². The fraction of sp³-hybridized carbons (Fsp3) is 0.545. The van der Waals surface area contributed by atoms with Crippen LogP contribution in [0.4, 0.5) is 4.39 Å². The lowest BCUT2D eigenvalue weighted by molar-refractivity contribution is 0.513. The topological polar surface area (TPSA) is 12.9 Å². The largest absolute Gasteiger partial charge is 0.246 e. The Bertz CT molecular complexity index is 339. The van der Waals surface area contributed by atoms with E-state index in [0.29, 0.717) is 14.7 Å². The zero-order valence-electron chi connectivity index (χ0n) is 8.38. The molecule has 1 nitrogen and oxygen atoms in total. The van der Waals surface area contributed by atoms with Crippen molar-refractivity contribution < 1.29 is 4.39 Å². The van der Waals surface area contributed by atoms with Gasteiger partial charge in [-0.25, -0.2) is 9.37 Å². The van der Waals surface area contributed by atoms with E-state index in [-0.39, 0.29) is 5.82 Å². The third-order valence-electron chi connectivity index (χ3n) is 2.60. The summed E-state index contributed by atoms with van der Waals surface area (Å²) in [5.41, 5.74) is 0. The summed E-state index contributed by atoms with van der Waals surface area (Å²) in [6.07, 6.45) is 7.93. The first-order valence-corrected chi connectivity index (χ1v) is 6.90. The van der Waals surface area contributed by atoms with Crippen molar-refractivity contribution in [1.82, 2.24) is 4.98 Å². The van der Waals surface area contributed by atoms with Gasteiger partial charge >= 0.3 is 0 Å².